The lowest BCUT2D eigenvalue weighted by molar-refractivity contribution is -0.862. The number of carbonyl (C=O) groups is 2. The molecule has 0 bridgehead atoms. The minimum atomic E-state index is -0.156. The second kappa shape index (κ2) is 6.86. The van der Waals surface area contributed by atoms with Crippen LogP contribution in [0.4, 0.5) is 5.69 Å². The molecule has 1 saturated carbocycles. The van der Waals surface area contributed by atoms with Gasteiger partial charge in [0.2, 0.25) is 0 Å². The number of hydrogen-bond donors (Lipinski definition) is 3. The van der Waals surface area contributed by atoms with E-state index in [1.807, 2.05) is 13.1 Å². The van der Waals surface area contributed by atoms with Crippen molar-refractivity contribution < 1.29 is 14.5 Å². The van der Waals surface area contributed by atoms with E-state index in [9.17, 15) is 9.59 Å². The van der Waals surface area contributed by atoms with Crippen LogP contribution in [-0.4, -0.2) is 38.0 Å². The normalized spacial score (nSPS) is 14.9. The molecule has 1 aliphatic carbocycles. The molecule has 1 unspecified atom stereocenters. The molecule has 2 rings (SSSR count). The molecule has 110 valence electrons. The predicted molar refractivity (Wildman–Crippen MR) is 77.6 cm³/mol. The van der Waals surface area contributed by atoms with Crippen LogP contribution in [0.15, 0.2) is 24.3 Å². The van der Waals surface area contributed by atoms with Crippen LogP contribution in [0.5, 0.6) is 0 Å². The fraction of sp³-hybridized carbons (Fsp3) is 0.400. The molecule has 1 fully saturated rings. The van der Waals surface area contributed by atoms with Gasteiger partial charge >= 0.3 is 0 Å². The van der Waals surface area contributed by atoms with E-state index in [1.165, 1.54) is 0 Å². The molecule has 0 radical (unpaired) electrons. The lowest BCUT2D eigenvalue weighted by atomic mass is 10.2. The number of quaternary nitrogens is 1. The molecule has 0 spiro atoms. The molecule has 21 heavy (non-hydrogen) atoms. The third-order valence-electron chi connectivity index (χ3n) is 3.16. The van der Waals surface area contributed by atoms with Gasteiger partial charge in [0.25, 0.3) is 11.8 Å². The maximum Gasteiger partial charge on any atom is 0.279 e. The number of likely N-dealkylation sites (N-methyl/N-ethyl adjacent to an activating group) is 1. The largest absolute Gasteiger partial charge is 0.348 e. The molecule has 6 heteroatoms. The van der Waals surface area contributed by atoms with Gasteiger partial charge in [-0.15, -0.1) is 0 Å². The molecule has 1 aromatic carbocycles. The summed E-state index contributed by atoms with van der Waals surface area (Å²) in [5.41, 5.74) is 1.20. The van der Waals surface area contributed by atoms with Crippen LogP contribution in [0.25, 0.3) is 0 Å². The first kappa shape index (κ1) is 15.0. The smallest absolute Gasteiger partial charge is 0.279 e. The lowest BCUT2D eigenvalue weighted by Gasteiger charge is -2.13. The molecule has 2 amide bonds. The zero-order valence-corrected chi connectivity index (χ0v) is 12.0. The minimum absolute atomic E-state index is 0.0128. The molecule has 0 aliphatic heterocycles. The van der Waals surface area contributed by atoms with E-state index < -0.39 is 0 Å². The van der Waals surface area contributed by atoms with Crippen molar-refractivity contribution in [1.29, 1.82) is 5.26 Å². The van der Waals surface area contributed by atoms with E-state index in [2.05, 4.69) is 10.6 Å². The fourth-order valence-corrected chi connectivity index (χ4v) is 1.95. The maximum atomic E-state index is 11.9. The quantitative estimate of drug-likeness (QED) is 0.646. The zero-order valence-electron chi connectivity index (χ0n) is 12.0. The van der Waals surface area contributed by atoms with Gasteiger partial charge in [0, 0.05) is 11.7 Å². The van der Waals surface area contributed by atoms with Crippen molar-refractivity contribution in [3.05, 3.63) is 29.8 Å². The first-order chi connectivity index (χ1) is 10.1. The van der Waals surface area contributed by atoms with E-state index in [1.54, 1.807) is 24.3 Å². The van der Waals surface area contributed by atoms with Crippen LogP contribution in [0, 0.1) is 11.3 Å². The second-order valence-corrected chi connectivity index (χ2v) is 5.39. The summed E-state index contributed by atoms with van der Waals surface area (Å²) in [5.74, 6) is -0.169. The number of benzene rings is 1. The highest BCUT2D eigenvalue weighted by Gasteiger charge is 2.24. The number of hydrogen-bond acceptors (Lipinski definition) is 3. The molecule has 1 aliphatic rings. The Labute approximate surface area is 123 Å². The number of rotatable bonds is 6. The topological polar surface area (TPSA) is 86.4 Å². The van der Waals surface area contributed by atoms with Crippen molar-refractivity contribution in [2.45, 2.75) is 18.9 Å². The van der Waals surface area contributed by atoms with Gasteiger partial charge in [-0.05, 0) is 37.1 Å². The number of anilines is 1. The van der Waals surface area contributed by atoms with E-state index in [4.69, 9.17) is 5.26 Å². The molecule has 6 nitrogen and oxygen atoms in total. The van der Waals surface area contributed by atoms with Crippen molar-refractivity contribution >= 4 is 17.5 Å². The predicted octanol–water partition coefficient (Wildman–Crippen LogP) is -0.710. The first-order valence-electron chi connectivity index (χ1n) is 6.97. The van der Waals surface area contributed by atoms with Crippen LogP contribution in [0.3, 0.4) is 0 Å². The van der Waals surface area contributed by atoms with Crippen molar-refractivity contribution in [3.63, 3.8) is 0 Å². The van der Waals surface area contributed by atoms with E-state index in [0.717, 1.165) is 17.7 Å². The molecular formula is C15H19N4O2+. The van der Waals surface area contributed by atoms with Crippen LogP contribution < -0.4 is 15.5 Å². The molecular weight excluding hydrogens is 268 g/mol. The van der Waals surface area contributed by atoms with E-state index in [0.29, 0.717) is 17.3 Å². The van der Waals surface area contributed by atoms with Crippen molar-refractivity contribution in [3.8, 4) is 6.07 Å². The summed E-state index contributed by atoms with van der Waals surface area (Å²) in [7, 11) is 1.81. The Balaban J connectivity index is 1.74. The molecule has 0 aromatic heterocycles. The second-order valence-electron chi connectivity index (χ2n) is 5.39. The highest BCUT2D eigenvalue weighted by molar-refractivity contribution is 5.91. The molecule has 1 aromatic rings. The number of amides is 2. The number of nitrogens with one attached hydrogen (secondary N) is 3. The number of carbonyl (C=O) groups excluding carboxylic acids is 2. The Morgan fingerprint density at radius 3 is 2.43 bits per heavy atom. The first-order valence-corrected chi connectivity index (χ1v) is 6.97. The van der Waals surface area contributed by atoms with Crippen LogP contribution in [0.2, 0.25) is 0 Å². The zero-order chi connectivity index (χ0) is 15.2. The summed E-state index contributed by atoms with van der Waals surface area (Å²) < 4.78 is 0. The van der Waals surface area contributed by atoms with Crippen molar-refractivity contribution in [2.24, 2.45) is 0 Å². The van der Waals surface area contributed by atoms with Gasteiger partial charge in [-0.2, -0.15) is 5.26 Å². The van der Waals surface area contributed by atoms with Crippen LogP contribution >= 0.6 is 0 Å². The van der Waals surface area contributed by atoms with Crippen molar-refractivity contribution in [1.82, 2.24) is 5.32 Å². The summed E-state index contributed by atoms with van der Waals surface area (Å²) in [6, 6.07) is 9.03. The average Bonchev–Trinajstić information content (AvgIpc) is 3.22. The maximum absolute atomic E-state index is 11.9. The van der Waals surface area contributed by atoms with Gasteiger partial charge in [-0.3, -0.25) is 9.59 Å². The van der Waals surface area contributed by atoms with Gasteiger partial charge < -0.3 is 15.5 Å². The van der Waals surface area contributed by atoms with Gasteiger partial charge in [-0.25, -0.2) is 0 Å². The summed E-state index contributed by atoms with van der Waals surface area (Å²) >= 11 is 0. The van der Waals surface area contributed by atoms with Gasteiger partial charge in [0.1, 0.15) is 0 Å². The monoisotopic (exact) mass is 287 g/mol. The third-order valence-corrected chi connectivity index (χ3v) is 3.16. The molecule has 1 atom stereocenters. The Bertz CT molecular complexity index is 558. The van der Waals surface area contributed by atoms with E-state index >= 15 is 0 Å². The minimum Gasteiger partial charge on any atom is -0.348 e. The standard InChI is InChI=1S/C15H18N4O2/c1-19(10-15(21)18-13-6-7-13)9-14(20)17-12-4-2-11(8-16)3-5-12/h2-5,13H,6-7,9-10H2,1H3,(H,17,20)(H,18,21)/p+1. The van der Waals surface area contributed by atoms with Gasteiger partial charge in [-0.1, -0.05) is 0 Å². The SMILES string of the molecule is C[NH+](CC(=O)Nc1ccc(C#N)cc1)CC(=O)NC1CC1. The Morgan fingerprint density at radius 2 is 1.86 bits per heavy atom. The number of nitriles is 1. The van der Waals surface area contributed by atoms with Crippen LogP contribution in [0.1, 0.15) is 18.4 Å². The van der Waals surface area contributed by atoms with E-state index in [-0.39, 0.29) is 24.9 Å². The summed E-state index contributed by atoms with van der Waals surface area (Å²) in [6.45, 7) is 0.509. The third kappa shape index (κ3) is 5.24. The van der Waals surface area contributed by atoms with Gasteiger partial charge in [0.05, 0.1) is 18.7 Å². The highest BCUT2D eigenvalue weighted by Crippen LogP contribution is 2.17. The van der Waals surface area contributed by atoms with Crippen molar-refractivity contribution in [2.75, 3.05) is 25.5 Å². The Kier molecular flexibility index (Phi) is 4.90. The Morgan fingerprint density at radius 1 is 1.24 bits per heavy atom. The fourth-order valence-electron chi connectivity index (χ4n) is 1.95. The summed E-state index contributed by atoms with van der Waals surface area (Å²) in [5, 5.41) is 14.3. The van der Waals surface area contributed by atoms with Gasteiger partial charge in [0.15, 0.2) is 13.1 Å². The molecule has 0 saturated heterocycles. The summed E-state index contributed by atoms with van der Waals surface area (Å²) in [6.07, 6.45) is 2.12. The molecule has 3 N–H and O–H groups in total. The average molecular weight is 287 g/mol. The lowest BCUT2D eigenvalue weighted by Crippen LogP contribution is -3.11. The highest BCUT2D eigenvalue weighted by atomic mass is 16.2. The summed E-state index contributed by atoms with van der Waals surface area (Å²) in [4.78, 5) is 24.3. The Hall–Kier alpha value is -2.39. The number of nitrogens with zero attached hydrogens (tertiary/aromatic N) is 1. The van der Waals surface area contributed by atoms with Crippen LogP contribution in [-0.2, 0) is 9.59 Å². The molecule has 0 heterocycles.